The third-order valence-corrected chi connectivity index (χ3v) is 4.73. The van der Waals surface area contributed by atoms with Gasteiger partial charge in [-0.25, -0.2) is 9.37 Å². The first-order valence-corrected chi connectivity index (χ1v) is 8.27. The number of carboxylic acid groups (broad SMARTS) is 1. The molecule has 3 rings (SSSR count). The molecule has 0 unspecified atom stereocenters. The second kappa shape index (κ2) is 7.76. The number of benzene rings is 1. The summed E-state index contributed by atoms with van der Waals surface area (Å²) < 4.78 is 20.3. The number of aromatic nitrogens is 2. The minimum atomic E-state index is -0.815. The molecule has 1 aliphatic heterocycles. The standard InChI is InChI=1S/C18H22FN3O3/c1-25-7-6-22-12-20-8-15(22)9-21-10-16(17(11-21)18(23)24)13-2-4-14(19)5-3-13/h2-5,8,12,16-17H,6-7,9-11H2,1H3,(H,23,24)/t16-,17+/m1/s1. The van der Waals surface area contributed by atoms with Gasteiger partial charge in [0.05, 0.1) is 24.5 Å². The summed E-state index contributed by atoms with van der Waals surface area (Å²) in [5, 5.41) is 9.58. The molecule has 1 N–H and O–H groups in total. The van der Waals surface area contributed by atoms with Gasteiger partial charge in [-0.2, -0.15) is 0 Å². The summed E-state index contributed by atoms with van der Waals surface area (Å²) in [6, 6.07) is 6.14. The van der Waals surface area contributed by atoms with Crippen LogP contribution in [-0.2, 0) is 22.6 Å². The molecule has 0 radical (unpaired) electrons. The van der Waals surface area contributed by atoms with Gasteiger partial charge in [0, 0.05) is 45.4 Å². The Morgan fingerprint density at radius 1 is 1.36 bits per heavy atom. The van der Waals surface area contributed by atoms with E-state index in [0.717, 1.165) is 11.3 Å². The van der Waals surface area contributed by atoms with Gasteiger partial charge in [-0.05, 0) is 17.7 Å². The van der Waals surface area contributed by atoms with E-state index in [-0.39, 0.29) is 11.7 Å². The largest absolute Gasteiger partial charge is 0.481 e. The molecule has 1 saturated heterocycles. The highest BCUT2D eigenvalue weighted by Crippen LogP contribution is 2.33. The lowest BCUT2D eigenvalue weighted by molar-refractivity contribution is -0.141. The molecule has 0 aliphatic carbocycles. The molecule has 2 heterocycles. The topological polar surface area (TPSA) is 67.6 Å². The zero-order valence-electron chi connectivity index (χ0n) is 14.1. The summed E-state index contributed by atoms with van der Waals surface area (Å²) in [6.07, 6.45) is 3.56. The maximum atomic E-state index is 13.2. The molecular weight excluding hydrogens is 325 g/mol. The van der Waals surface area contributed by atoms with Gasteiger partial charge in [-0.3, -0.25) is 9.69 Å². The van der Waals surface area contributed by atoms with Crippen molar-refractivity contribution in [2.24, 2.45) is 5.92 Å². The summed E-state index contributed by atoms with van der Waals surface area (Å²) in [5.74, 6) is -1.77. The number of hydrogen-bond donors (Lipinski definition) is 1. The minimum absolute atomic E-state index is 0.145. The molecule has 1 aliphatic rings. The van der Waals surface area contributed by atoms with E-state index < -0.39 is 11.9 Å². The highest BCUT2D eigenvalue weighted by Gasteiger charge is 2.38. The molecular formula is C18H22FN3O3. The molecule has 25 heavy (non-hydrogen) atoms. The molecule has 2 aromatic rings. The fourth-order valence-electron chi connectivity index (χ4n) is 3.41. The van der Waals surface area contributed by atoms with Crippen LogP contribution in [0.1, 0.15) is 17.2 Å². The molecule has 0 bridgehead atoms. The average molecular weight is 347 g/mol. The van der Waals surface area contributed by atoms with Gasteiger partial charge in [-0.1, -0.05) is 12.1 Å². The van der Waals surface area contributed by atoms with Gasteiger partial charge in [0.1, 0.15) is 5.82 Å². The van der Waals surface area contributed by atoms with Crippen LogP contribution in [0.4, 0.5) is 4.39 Å². The van der Waals surface area contributed by atoms with Gasteiger partial charge in [0.2, 0.25) is 0 Å². The second-order valence-electron chi connectivity index (χ2n) is 6.37. The third-order valence-electron chi connectivity index (χ3n) is 4.73. The molecule has 0 spiro atoms. The Morgan fingerprint density at radius 2 is 2.12 bits per heavy atom. The zero-order chi connectivity index (χ0) is 17.8. The average Bonchev–Trinajstić information content (AvgIpc) is 3.21. The van der Waals surface area contributed by atoms with Crippen molar-refractivity contribution in [1.82, 2.24) is 14.5 Å². The molecule has 2 atom stereocenters. The predicted octanol–water partition coefficient (Wildman–Crippen LogP) is 1.97. The number of ether oxygens (including phenoxy) is 1. The van der Waals surface area contributed by atoms with E-state index in [1.165, 1.54) is 12.1 Å². The number of halogens is 1. The van der Waals surface area contributed by atoms with E-state index in [0.29, 0.717) is 32.8 Å². The fraction of sp³-hybridized carbons (Fsp3) is 0.444. The smallest absolute Gasteiger partial charge is 0.308 e. The summed E-state index contributed by atoms with van der Waals surface area (Å²) in [7, 11) is 1.65. The molecule has 6 nitrogen and oxygen atoms in total. The minimum Gasteiger partial charge on any atom is -0.481 e. The van der Waals surface area contributed by atoms with Gasteiger partial charge in [0.15, 0.2) is 0 Å². The van der Waals surface area contributed by atoms with Crippen LogP contribution in [0.5, 0.6) is 0 Å². The molecule has 1 fully saturated rings. The molecule has 0 saturated carbocycles. The van der Waals surface area contributed by atoms with Crippen LogP contribution in [0.3, 0.4) is 0 Å². The third kappa shape index (κ3) is 4.05. The van der Waals surface area contributed by atoms with E-state index in [1.54, 1.807) is 31.8 Å². The summed E-state index contributed by atoms with van der Waals surface area (Å²) in [5.41, 5.74) is 1.89. The van der Waals surface area contributed by atoms with Crippen molar-refractivity contribution in [3.8, 4) is 0 Å². The maximum Gasteiger partial charge on any atom is 0.308 e. The molecule has 1 aromatic heterocycles. The quantitative estimate of drug-likeness (QED) is 0.829. The number of imidazole rings is 1. The van der Waals surface area contributed by atoms with E-state index >= 15 is 0 Å². The van der Waals surface area contributed by atoms with Gasteiger partial charge >= 0.3 is 5.97 Å². The summed E-state index contributed by atoms with van der Waals surface area (Å²) >= 11 is 0. The number of carbonyl (C=O) groups is 1. The van der Waals surface area contributed by atoms with Crippen LogP contribution in [-0.4, -0.2) is 52.3 Å². The van der Waals surface area contributed by atoms with E-state index in [1.807, 2.05) is 4.57 Å². The Labute approximate surface area is 145 Å². The number of methoxy groups -OCH3 is 1. The number of carboxylic acids is 1. The molecule has 1 aromatic carbocycles. The Morgan fingerprint density at radius 3 is 2.80 bits per heavy atom. The van der Waals surface area contributed by atoms with Gasteiger partial charge in [-0.15, -0.1) is 0 Å². The first-order chi connectivity index (χ1) is 12.1. The number of likely N-dealkylation sites (tertiary alicyclic amines) is 1. The lowest BCUT2D eigenvalue weighted by Crippen LogP contribution is -2.24. The summed E-state index contributed by atoms with van der Waals surface area (Å²) in [6.45, 7) is 3.03. The fourth-order valence-corrected chi connectivity index (χ4v) is 3.41. The normalized spacial score (nSPS) is 20.9. The Hall–Kier alpha value is -2.25. The Bertz CT molecular complexity index is 717. The van der Waals surface area contributed by atoms with E-state index in [4.69, 9.17) is 4.74 Å². The molecule has 134 valence electrons. The van der Waals surface area contributed by atoms with Crippen molar-refractivity contribution in [2.45, 2.75) is 19.0 Å². The van der Waals surface area contributed by atoms with Crippen molar-refractivity contribution in [3.63, 3.8) is 0 Å². The summed E-state index contributed by atoms with van der Waals surface area (Å²) in [4.78, 5) is 18.0. The van der Waals surface area contributed by atoms with Crippen molar-refractivity contribution in [3.05, 3.63) is 53.9 Å². The van der Waals surface area contributed by atoms with Crippen LogP contribution in [0.15, 0.2) is 36.8 Å². The maximum absolute atomic E-state index is 13.2. The van der Waals surface area contributed by atoms with Crippen molar-refractivity contribution >= 4 is 5.97 Å². The van der Waals surface area contributed by atoms with Crippen LogP contribution in [0.2, 0.25) is 0 Å². The SMILES string of the molecule is COCCn1cncc1CN1C[C@H](C(=O)O)[C@@H](c2ccc(F)cc2)C1. The highest BCUT2D eigenvalue weighted by molar-refractivity contribution is 5.72. The second-order valence-corrected chi connectivity index (χ2v) is 6.37. The zero-order valence-corrected chi connectivity index (χ0v) is 14.1. The monoisotopic (exact) mass is 347 g/mol. The van der Waals surface area contributed by atoms with Crippen molar-refractivity contribution in [1.29, 1.82) is 0 Å². The van der Waals surface area contributed by atoms with Crippen LogP contribution < -0.4 is 0 Å². The van der Waals surface area contributed by atoms with Gasteiger partial charge in [0.25, 0.3) is 0 Å². The van der Waals surface area contributed by atoms with Crippen molar-refractivity contribution in [2.75, 3.05) is 26.8 Å². The Balaban J connectivity index is 1.73. The number of aliphatic carboxylic acids is 1. The van der Waals surface area contributed by atoms with Crippen LogP contribution in [0.25, 0.3) is 0 Å². The molecule has 7 heteroatoms. The van der Waals surface area contributed by atoms with E-state index in [2.05, 4.69) is 9.88 Å². The van der Waals surface area contributed by atoms with E-state index in [9.17, 15) is 14.3 Å². The lowest BCUT2D eigenvalue weighted by Gasteiger charge is -2.17. The highest BCUT2D eigenvalue weighted by atomic mass is 19.1. The predicted molar refractivity (Wildman–Crippen MR) is 89.6 cm³/mol. The number of nitrogens with zero attached hydrogens (tertiary/aromatic N) is 3. The Kier molecular flexibility index (Phi) is 5.45. The first kappa shape index (κ1) is 17.6. The van der Waals surface area contributed by atoms with Gasteiger partial charge < -0.3 is 14.4 Å². The lowest BCUT2D eigenvalue weighted by atomic mass is 9.89. The van der Waals surface area contributed by atoms with Crippen LogP contribution >= 0.6 is 0 Å². The first-order valence-electron chi connectivity index (χ1n) is 8.27. The van der Waals surface area contributed by atoms with Crippen LogP contribution in [0, 0.1) is 11.7 Å². The number of rotatable bonds is 7. The number of hydrogen-bond acceptors (Lipinski definition) is 4. The molecule has 0 amide bonds. The van der Waals surface area contributed by atoms with Crippen molar-refractivity contribution < 1.29 is 19.0 Å².